The van der Waals surface area contributed by atoms with Crippen LogP contribution in [0.25, 0.3) is 11.0 Å². The quantitative estimate of drug-likeness (QED) is 0.622. The summed E-state index contributed by atoms with van der Waals surface area (Å²) >= 11 is 6.45. The molecule has 0 saturated heterocycles. The second kappa shape index (κ2) is 8.41. The molecule has 1 aromatic heterocycles. The zero-order valence-corrected chi connectivity index (χ0v) is 16.9. The van der Waals surface area contributed by atoms with Gasteiger partial charge in [0, 0.05) is 5.56 Å². The minimum Gasteiger partial charge on any atom is -0.491 e. The van der Waals surface area contributed by atoms with Crippen molar-refractivity contribution in [3.05, 3.63) is 47.5 Å². The number of hydrogen-bond donors (Lipinski definition) is 2. The molecule has 6 nitrogen and oxygen atoms in total. The van der Waals surface area contributed by atoms with Gasteiger partial charge < -0.3 is 10.1 Å². The molecule has 0 bridgehead atoms. The van der Waals surface area contributed by atoms with Gasteiger partial charge >= 0.3 is 0 Å². The molecule has 1 amide bonds. The standard InChI is InChI=1S/C19H20N4O2S2/c1-4-12(3)25-14-7-5-6-13(10-14)18(24)21-19(26)20-16-11(2)8-9-15-17(16)23-27-22-15/h5-10,12H,4H2,1-3H3,(H2,20,21,24,26)/t12-/m0/s1. The van der Waals surface area contributed by atoms with E-state index in [4.69, 9.17) is 17.0 Å². The van der Waals surface area contributed by atoms with Gasteiger partial charge in [-0.25, -0.2) is 0 Å². The number of thiocarbonyl (C=S) groups is 1. The number of nitrogens with one attached hydrogen (secondary N) is 2. The van der Waals surface area contributed by atoms with Crippen LogP contribution in [0.1, 0.15) is 36.2 Å². The highest BCUT2D eigenvalue weighted by Crippen LogP contribution is 2.25. The first-order chi connectivity index (χ1) is 13.0. The van der Waals surface area contributed by atoms with Crippen LogP contribution in [-0.2, 0) is 0 Å². The average Bonchev–Trinajstić information content (AvgIpc) is 3.13. The first kappa shape index (κ1) is 19.2. The lowest BCUT2D eigenvalue weighted by molar-refractivity contribution is 0.0977. The number of carbonyl (C=O) groups is 1. The molecule has 27 heavy (non-hydrogen) atoms. The maximum atomic E-state index is 12.5. The second-order valence-corrected chi connectivity index (χ2v) is 7.10. The van der Waals surface area contributed by atoms with Crippen molar-refractivity contribution in [3.63, 3.8) is 0 Å². The monoisotopic (exact) mass is 400 g/mol. The number of aromatic nitrogens is 2. The molecule has 0 aliphatic heterocycles. The molecular weight excluding hydrogens is 380 g/mol. The summed E-state index contributed by atoms with van der Waals surface area (Å²) in [7, 11) is 0. The van der Waals surface area contributed by atoms with Crippen molar-refractivity contribution >= 4 is 51.7 Å². The molecule has 1 atom stereocenters. The molecule has 0 radical (unpaired) electrons. The van der Waals surface area contributed by atoms with E-state index in [0.717, 1.165) is 40.4 Å². The van der Waals surface area contributed by atoms with Crippen LogP contribution < -0.4 is 15.4 Å². The van der Waals surface area contributed by atoms with Gasteiger partial charge in [-0.15, -0.1) is 0 Å². The number of benzene rings is 2. The zero-order valence-electron chi connectivity index (χ0n) is 15.3. The van der Waals surface area contributed by atoms with Crippen molar-refractivity contribution < 1.29 is 9.53 Å². The Morgan fingerprint density at radius 1 is 1.30 bits per heavy atom. The summed E-state index contributed by atoms with van der Waals surface area (Å²) in [5.74, 6) is 0.355. The maximum Gasteiger partial charge on any atom is 0.257 e. The molecule has 0 spiro atoms. The summed E-state index contributed by atoms with van der Waals surface area (Å²) in [6.45, 7) is 5.98. The van der Waals surface area contributed by atoms with Gasteiger partial charge in [0.25, 0.3) is 5.91 Å². The lowest BCUT2D eigenvalue weighted by Gasteiger charge is -2.14. The van der Waals surface area contributed by atoms with E-state index in [9.17, 15) is 4.79 Å². The fourth-order valence-corrected chi connectivity index (χ4v) is 3.19. The number of nitrogens with zero attached hydrogens (tertiary/aromatic N) is 2. The van der Waals surface area contributed by atoms with Gasteiger partial charge in [0.1, 0.15) is 16.8 Å². The van der Waals surface area contributed by atoms with Gasteiger partial charge in [0.15, 0.2) is 5.11 Å². The van der Waals surface area contributed by atoms with Crippen LogP contribution in [0.15, 0.2) is 36.4 Å². The Balaban J connectivity index is 1.71. The van der Waals surface area contributed by atoms with Crippen molar-refractivity contribution in [1.29, 1.82) is 0 Å². The van der Waals surface area contributed by atoms with Crippen LogP contribution in [0.2, 0.25) is 0 Å². The molecular formula is C19H20N4O2S2. The third kappa shape index (κ3) is 4.58. The molecule has 2 aromatic carbocycles. The zero-order chi connectivity index (χ0) is 19.4. The molecule has 3 rings (SSSR count). The minimum atomic E-state index is -0.302. The fraction of sp³-hybridized carbons (Fsp3) is 0.263. The van der Waals surface area contributed by atoms with Gasteiger partial charge in [-0.2, -0.15) is 8.75 Å². The van der Waals surface area contributed by atoms with Crippen molar-refractivity contribution in [1.82, 2.24) is 14.1 Å². The molecule has 0 saturated carbocycles. The lowest BCUT2D eigenvalue weighted by Crippen LogP contribution is -2.34. The molecule has 140 valence electrons. The molecule has 2 N–H and O–H groups in total. The fourth-order valence-electron chi connectivity index (χ4n) is 2.46. The van der Waals surface area contributed by atoms with Crippen molar-refractivity contribution in [2.75, 3.05) is 5.32 Å². The number of aryl methyl sites for hydroxylation is 1. The Bertz CT molecular complexity index is 987. The molecule has 8 heteroatoms. The lowest BCUT2D eigenvalue weighted by atomic mass is 10.1. The van der Waals surface area contributed by atoms with E-state index in [1.54, 1.807) is 18.2 Å². The molecule has 0 aliphatic rings. The predicted octanol–water partition coefficient (Wildman–Crippen LogP) is 4.30. The normalized spacial score (nSPS) is 11.8. The Kier molecular flexibility index (Phi) is 5.98. The molecule has 0 unspecified atom stereocenters. The summed E-state index contributed by atoms with van der Waals surface area (Å²) in [4.78, 5) is 12.5. The molecule has 0 fully saturated rings. The SMILES string of the molecule is CC[C@H](C)Oc1cccc(C(=O)NC(=S)Nc2c(C)ccc3nsnc23)c1. The largest absolute Gasteiger partial charge is 0.491 e. The van der Waals surface area contributed by atoms with Gasteiger partial charge in [-0.05, 0) is 62.3 Å². The average molecular weight is 401 g/mol. The second-order valence-electron chi connectivity index (χ2n) is 6.16. The summed E-state index contributed by atoms with van der Waals surface area (Å²) in [6, 6.07) is 10.9. The third-order valence-electron chi connectivity index (χ3n) is 4.11. The van der Waals surface area contributed by atoms with Crippen LogP contribution >= 0.6 is 23.9 Å². The highest BCUT2D eigenvalue weighted by Gasteiger charge is 2.13. The Labute approximate surface area is 167 Å². The van der Waals surface area contributed by atoms with E-state index < -0.39 is 0 Å². The summed E-state index contributed by atoms with van der Waals surface area (Å²) < 4.78 is 14.3. The number of rotatable bonds is 5. The van der Waals surface area contributed by atoms with E-state index in [1.807, 2.05) is 39.0 Å². The van der Waals surface area contributed by atoms with Crippen molar-refractivity contribution in [2.45, 2.75) is 33.3 Å². The highest BCUT2D eigenvalue weighted by molar-refractivity contribution is 7.80. The van der Waals surface area contributed by atoms with Crippen LogP contribution in [0.4, 0.5) is 5.69 Å². The number of hydrogen-bond acceptors (Lipinski definition) is 6. The van der Waals surface area contributed by atoms with Gasteiger partial charge in [0.05, 0.1) is 23.5 Å². The molecule has 1 heterocycles. The number of carbonyl (C=O) groups excluding carboxylic acids is 1. The number of anilines is 1. The highest BCUT2D eigenvalue weighted by atomic mass is 32.1. The Hall–Kier alpha value is -2.58. The van der Waals surface area contributed by atoms with Crippen LogP contribution in [0, 0.1) is 6.92 Å². The summed E-state index contributed by atoms with van der Waals surface area (Å²) in [5, 5.41) is 5.98. The first-order valence-electron chi connectivity index (χ1n) is 8.59. The van der Waals surface area contributed by atoms with E-state index >= 15 is 0 Å². The van der Waals surface area contributed by atoms with E-state index in [1.165, 1.54) is 0 Å². The Morgan fingerprint density at radius 2 is 2.11 bits per heavy atom. The van der Waals surface area contributed by atoms with E-state index in [2.05, 4.69) is 19.4 Å². The van der Waals surface area contributed by atoms with Crippen molar-refractivity contribution in [3.8, 4) is 5.75 Å². The summed E-state index contributed by atoms with van der Waals surface area (Å²) in [5.41, 5.74) is 3.72. The Morgan fingerprint density at radius 3 is 2.89 bits per heavy atom. The third-order valence-corrected chi connectivity index (χ3v) is 4.86. The van der Waals surface area contributed by atoms with E-state index in [0.29, 0.717) is 11.3 Å². The first-order valence-corrected chi connectivity index (χ1v) is 9.72. The molecule has 0 aliphatic carbocycles. The number of amides is 1. The topological polar surface area (TPSA) is 76.1 Å². The van der Waals surface area contributed by atoms with Crippen molar-refractivity contribution in [2.24, 2.45) is 0 Å². The minimum absolute atomic E-state index is 0.0845. The summed E-state index contributed by atoms with van der Waals surface area (Å²) in [6.07, 6.45) is 0.974. The van der Waals surface area contributed by atoms with Gasteiger partial charge in [0.2, 0.25) is 0 Å². The smallest absolute Gasteiger partial charge is 0.257 e. The van der Waals surface area contributed by atoms with Crippen LogP contribution in [-0.4, -0.2) is 25.9 Å². The van der Waals surface area contributed by atoms with E-state index in [-0.39, 0.29) is 17.1 Å². The van der Waals surface area contributed by atoms with Gasteiger partial charge in [-0.1, -0.05) is 19.1 Å². The van der Waals surface area contributed by atoms with Crippen LogP contribution in [0.3, 0.4) is 0 Å². The molecule has 3 aromatic rings. The maximum absolute atomic E-state index is 12.5. The van der Waals surface area contributed by atoms with Gasteiger partial charge in [-0.3, -0.25) is 10.1 Å². The van der Waals surface area contributed by atoms with Crippen LogP contribution in [0.5, 0.6) is 5.75 Å². The number of ether oxygens (including phenoxy) is 1. The predicted molar refractivity (Wildman–Crippen MR) is 113 cm³/mol. The number of fused-ring (bicyclic) bond motifs is 1.